The monoisotopic (exact) mass is 406 g/mol. The van der Waals surface area contributed by atoms with Crippen LogP contribution in [0.4, 0.5) is 0 Å². The van der Waals surface area contributed by atoms with Gasteiger partial charge in [0.2, 0.25) is 15.9 Å². The summed E-state index contributed by atoms with van der Waals surface area (Å²) in [5, 5.41) is 10.7. The van der Waals surface area contributed by atoms with E-state index in [0.717, 1.165) is 24.0 Å². The Kier molecular flexibility index (Phi) is 5.38. The summed E-state index contributed by atoms with van der Waals surface area (Å²) in [4.78, 5) is 14.4. The molecule has 0 unspecified atom stereocenters. The summed E-state index contributed by atoms with van der Waals surface area (Å²) in [5.41, 5.74) is 1.90. The molecule has 1 amide bonds. The summed E-state index contributed by atoms with van der Waals surface area (Å²) in [5.74, 6) is -0.0760. The number of rotatable bonds is 6. The molecule has 0 bridgehead atoms. The number of fused-ring (bicyclic) bond motifs is 1. The average molecular weight is 406 g/mol. The molecule has 11 heteroatoms. The minimum absolute atomic E-state index is 0.0489. The molecular formula is C17H22N6O4S. The van der Waals surface area contributed by atoms with Gasteiger partial charge in [0.1, 0.15) is 12.9 Å². The van der Waals surface area contributed by atoms with Gasteiger partial charge in [0, 0.05) is 26.2 Å². The van der Waals surface area contributed by atoms with Gasteiger partial charge in [-0.3, -0.25) is 4.79 Å². The molecule has 0 radical (unpaired) electrons. The summed E-state index contributed by atoms with van der Waals surface area (Å²) in [6.07, 6.45) is 3.80. The highest BCUT2D eigenvalue weighted by molar-refractivity contribution is 7.89. The van der Waals surface area contributed by atoms with E-state index in [1.807, 2.05) is 0 Å². The van der Waals surface area contributed by atoms with Crippen LogP contribution >= 0.6 is 0 Å². The average Bonchev–Trinajstić information content (AvgIpc) is 3.39. The van der Waals surface area contributed by atoms with Crippen molar-refractivity contribution in [2.45, 2.75) is 43.4 Å². The molecule has 0 spiro atoms. The molecule has 0 aliphatic carbocycles. The Balaban J connectivity index is 1.41. The molecule has 2 aromatic rings. The summed E-state index contributed by atoms with van der Waals surface area (Å²) in [7, 11) is -3.58. The lowest BCUT2D eigenvalue weighted by Crippen LogP contribution is -2.38. The number of aromatic nitrogens is 4. The third-order valence-electron chi connectivity index (χ3n) is 5.07. The van der Waals surface area contributed by atoms with Gasteiger partial charge in [-0.25, -0.2) is 17.8 Å². The zero-order valence-corrected chi connectivity index (χ0v) is 16.1. The number of carbonyl (C=O) groups is 1. The second-order valence-electron chi connectivity index (χ2n) is 6.99. The number of amides is 1. The van der Waals surface area contributed by atoms with Crippen molar-refractivity contribution in [1.29, 1.82) is 0 Å². The van der Waals surface area contributed by atoms with E-state index in [2.05, 4.69) is 20.2 Å². The number of benzene rings is 1. The summed E-state index contributed by atoms with van der Waals surface area (Å²) >= 11 is 0. The second-order valence-corrected chi connectivity index (χ2v) is 8.76. The topological polar surface area (TPSA) is 119 Å². The predicted molar refractivity (Wildman–Crippen MR) is 97.5 cm³/mol. The SMILES string of the molecule is O=C(Cn1cnnn1)N1CCc2cc(S(=O)(=O)NC[C@H]3CCCO3)ccc2C1. The van der Waals surface area contributed by atoms with E-state index in [-0.39, 0.29) is 23.5 Å². The third kappa shape index (κ3) is 4.21. The maximum absolute atomic E-state index is 12.6. The predicted octanol–water partition coefficient (Wildman–Crippen LogP) is -0.285. The van der Waals surface area contributed by atoms with Crippen molar-refractivity contribution in [2.75, 3.05) is 19.7 Å². The number of tetrazole rings is 1. The van der Waals surface area contributed by atoms with Crippen molar-refractivity contribution in [1.82, 2.24) is 29.8 Å². The molecule has 3 heterocycles. The highest BCUT2D eigenvalue weighted by Crippen LogP contribution is 2.23. The highest BCUT2D eigenvalue weighted by atomic mass is 32.2. The van der Waals surface area contributed by atoms with Crippen LogP contribution in [-0.2, 0) is 39.1 Å². The van der Waals surface area contributed by atoms with E-state index in [0.29, 0.717) is 32.7 Å². The van der Waals surface area contributed by atoms with Crippen LogP contribution in [0.2, 0.25) is 0 Å². The van der Waals surface area contributed by atoms with Crippen molar-refractivity contribution < 1.29 is 17.9 Å². The minimum atomic E-state index is -3.58. The molecule has 2 aliphatic rings. The fourth-order valence-corrected chi connectivity index (χ4v) is 4.61. The van der Waals surface area contributed by atoms with Crippen molar-refractivity contribution in [3.63, 3.8) is 0 Å². The van der Waals surface area contributed by atoms with Crippen LogP contribution in [0, 0.1) is 0 Å². The molecule has 0 saturated carbocycles. The van der Waals surface area contributed by atoms with E-state index in [4.69, 9.17) is 4.74 Å². The van der Waals surface area contributed by atoms with Crippen LogP contribution in [0.15, 0.2) is 29.4 Å². The largest absolute Gasteiger partial charge is 0.377 e. The Labute approximate surface area is 162 Å². The first kappa shape index (κ1) is 19.0. The molecule has 1 atom stereocenters. The van der Waals surface area contributed by atoms with E-state index >= 15 is 0 Å². The molecule has 2 aliphatic heterocycles. The molecule has 4 rings (SSSR count). The number of carbonyl (C=O) groups excluding carboxylic acids is 1. The van der Waals surface area contributed by atoms with E-state index in [9.17, 15) is 13.2 Å². The Hall–Kier alpha value is -2.37. The molecule has 10 nitrogen and oxygen atoms in total. The molecule has 1 N–H and O–H groups in total. The molecule has 1 saturated heterocycles. The Morgan fingerprint density at radius 3 is 2.96 bits per heavy atom. The lowest BCUT2D eigenvalue weighted by molar-refractivity contribution is -0.133. The molecule has 150 valence electrons. The Morgan fingerprint density at radius 2 is 2.21 bits per heavy atom. The van der Waals surface area contributed by atoms with Crippen molar-refractivity contribution in [3.8, 4) is 0 Å². The van der Waals surface area contributed by atoms with Gasteiger partial charge in [-0.1, -0.05) is 6.07 Å². The van der Waals surface area contributed by atoms with Gasteiger partial charge in [0.05, 0.1) is 11.0 Å². The zero-order chi connectivity index (χ0) is 19.6. The van der Waals surface area contributed by atoms with Crippen LogP contribution in [0.5, 0.6) is 0 Å². The number of nitrogens with zero attached hydrogens (tertiary/aromatic N) is 5. The molecule has 28 heavy (non-hydrogen) atoms. The Bertz CT molecular complexity index is 941. The first-order valence-corrected chi connectivity index (χ1v) is 10.7. The van der Waals surface area contributed by atoms with Crippen LogP contribution in [0.3, 0.4) is 0 Å². The van der Waals surface area contributed by atoms with E-state index < -0.39 is 10.0 Å². The van der Waals surface area contributed by atoms with Gasteiger partial charge >= 0.3 is 0 Å². The van der Waals surface area contributed by atoms with Crippen LogP contribution in [-0.4, -0.2) is 65.2 Å². The Morgan fingerprint density at radius 1 is 1.32 bits per heavy atom. The zero-order valence-electron chi connectivity index (χ0n) is 15.3. The maximum atomic E-state index is 12.6. The van der Waals surface area contributed by atoms with Crippen molar-refractivity contribution in [3.05, 3.63) is 35.7 Å². The quantitative estimate of drug-likeness (QED) is 0.700. The first-order chi connectivity index (χ1) is 13.5. The number of sulfonamides is 1. The number of ether oxygens (including phenoxy) is 1. The van der Waals surface area contributed by atoms with Gasteiger partial charge < -0.3 is 9.64 Å². The van der Waals surface area contributed by atoms with Gasteiger partial charge in [0.15, 0.2) is 0 Å². The van der Waals surface area contributed by atoms with Crippen LogP contribution in [0.25, 0.3) is 0 Å². The minimum Gasteiger partial charge on any atom is -0.377 e. The second kappa shape index (κ2) is 7.94. The van der Waals surface area contributed by atoms with E-state index in [1.54, 1.807) is 23.1 Å². The first-order valence-electron chi connectivity index (χ1n) is 9.23. The number of nitrogens with one attached hydrogen (secondary N) is 1. The summed E-state index contributed by atoms with van der Waals surface area (Å²) in [6.45, 7) is 2.04. The highest BCUT2D eigenvalue weighted by Gasteiger charge is 2.24. The van der Waals surface area contributed by atoms with Gasteiger partial charge in [-0.15, -0.1) is 5.10 Å². The summed E-state index contributed by atoms with van der Waals surface area (Å²) < 4.78 is 34.6. The van der Waals surface area contributed by atoms with Gasteiger partial charge in [-0.05, 0) is 52.9 Å². The van der Waals surface area contributed by atoms with Crippen LogP contribution < -0.4 is 4.72 Å². The van der Waals surface area contributed by atoms with Crippen molar-refractivity contribution in [2.24, 2.45) is 0 Å². The van der Waals surface area contributed by atoms with Crippen LogP contribution in [0.1, 0.15) is 24.0 Å². The maximum Gasteiger partial charge on any atom is 0.244 e. The number of hydrogen-bond acceptors (Lipinski definition) is 7. The van der Waals surface area contributed by atoms with Gasteiger partial charge in [-0.2, -0.15) is 0 Å². The molecule has 1 aromatic heterocycles. The normalized spacial score (nSPS) is 19.6. The standard InChI is InChI=1S/C17H22N6O4S/c24-17(11-23-12-18-20-21-23)22-6-5-13-8-16(4-3-14(13)10-22)28(25,26)19-9-15-2-1-7-27-15/h3-4,8,12,15,19H,1-2,5-7,9-11H2/t15-/m1/s1. The third-order valence-corrected chi connectivity index (χ3v) is 6.49. The lowest BCUT2D eigenvalue weighted by Gasteiger charge is -2.29. The van der Waals surface area contributed by atoms with Gasteiger partial charge in [0.25, 0.3) is 0 Å². The number of hydrogen-bond donors (Lipinski definition) is 1. The van der Waals surface area contributed by atoms with Crippen molar-refractivity contribution >= 4 is 15.9 Å². The lowest BCUT2D eigenvalue weighted by atomic mass is 10.00. The molecular weight excluding hydrogens is 384 g/mol. The van der Waals surface area contributed by atoms with E-state index in [1.165, 1.54) is 11.0 Å². The smallest absolute Gasteiger partial charge is 0.244 e. The fourth-order valence-electron chi connectivity index (χ4n) is 3.49. The molecule has 1 aromatic carbocycles. The molecule has 1 fully saturated rings. The summed E-state index contributed by atoms with van der Waals surface area (Å²) in [6, 6.07) is 5.08. The fraction of sp³-hybridized carbons (Fsp3) is 0.529.